The summed E-state index contributed by atoms with van der Waals surface area (Å²) < 4.78 is 41.1. The second kappa shape index (κ2) is 4.10. The third-order valence-corrected chi connectivity index (χ3v) is 2.03. The predicted molar refractivity (Wildman–Crippen MR) is 47.8 cm³/mol. The van der Waals surface area contributed by atoms with Gasteiger partial charge in [-0.1, -0.05) is 11.6 Å². The Morgan fingerprint density at radius 3 is 2.47 bits per heavy atom. The van der Waals surface area contributed by atoms with E-state index in [0.717, 1.165) is 19.2 Å². The zero-order valence-electron chi connectivity index (χ0n) is 7.56. The Hall–Kier alpha value is -1.23. The van der Waals surface area contributed by atoms with Crippen LogP contribution in [0.3, 0.4) is 0 Å². The Morgan fingerprint density at radius 1 is 1.40 bits per heavy atom. The molecule has 1 aromatic rings. The zero-order chi connectivity index (χ0) is 11.6. The van der Waals surface area contributed by atoms with E-state index >= 15 is 0 Å². The van der Waals surface area contributed by atoms with E-state index in [1.165, 1.54) is 0 Å². The van der Waals surface area contributed by atoms with Crippen molar-refractivity contribution in [2.24, 2.45) is 0 Å². The van der Waals surface area contributed by atoms with Crippen molar-refractivity contribution in [1.29, 1.82) is 0 Å². The van der Waals surface area contributed by atoms with E-state index in [4.69, 9.17) is 11.6 Å². The summed E-state index contributed by atoms with van der Waals surface area (Å²) in [6, 6.07) is 2.47. The fourth-order valence-electron chi connectivity index (χ4n) is 0.968. The molecular weight excluding hydrogens is 233 g/mol. The fourth-order valence-corrected chi connectivity index (χ4v) is 1.16. The van der Waals surface area contributed by atoms with Gasteiger partial charge in [-0.25, -0.2) is 4.79 Å². The van der Waals surface area contributed by atoms with Gasteiger partial charge in [0.05, 0.1) is 23.3 Å². The van der Waals surface area contributed by atoms with Gasteiger partial charge < -0.3 is 4.74 Å². The van der Waals surface area contributed by atoms with Crippen molar-refractivity contribution in [3.63, 3.8) is 0 Å². The number of rotatable bonds is 1. The first-order chi connectivity index (χ1) is 6.86. The topological polar surface area (TPSA) is 26.3 Å². The zero-order valence-corrected chi connectivity index (χ0v) is 8.32. The molecule has 0 atom stereocenters. The molecule has 0 bridgehead atoms. The number of ether oxygens (including phenoxy) is 1. The van der Waals surface area contributed by atoms with Crippen LogP contribution in [-0.2, 0) is 10.9 Å². The number of carbonyl (C=O) groups excluding carboxylic acids is 1. The molecule has 0 aliphatic rings. The third kappa shape index (κ3) is 2.62. The highest BCUT2D eigenvalue weighted by Crippen LogP contribution is 2.31. The second-order valence-electron chi connectivity index (χ2n) is 2.68. The van der Waals surface area contributed by atoms with Crippen molar-refractivity contribution >= 4 is 17.6 Å². The smallest absolute Gasteiger partial charge is 0.416 e. The lowest BCUT2D eigenvalue weighted by atomic mass is 10.1. The molecule has 82 valence electrons. The minimum atomic E-state index is -4.51. The number of hydrogen-bond acceptors (Lipinski definition) is 2. The number of halogens is 4. The molecule has 1 aromatic carbocycles. The van der Waals surface area contributed by atoms with Gasteiger partial charge >= 0.3 is 12.1 Å². The first-order valence-electron chi connectivity index (χ1n) is 3.81. The molecule has 0 aliphatic carbocycles. The van der Waals surface area contributed by atoms with E-state index in [-0.39, 0.29) is 10.6 Å². The molecule has 0 unspecified atom stereocenters. The number of methoxy groups -OCH3 is 1. The van der Waals surface area contributed by atoms with Gasteiger partial charge in [-0.15, -0.1) is 0 Å². The normalized spacial score (nSPS) is 11.3. The van der Waals surface area contributed by atoms with Gasteiger partial charge in [0.1, 0.15) is 0 Å². The monoisotopic (exact) mass is 238 g/mol. The van der Waals surface area contributed by atoms with E-state index in [1.54, 1.807) is 0 Å². The Balaban J connectivity index is 3.23. The van der Waals surface area contributed by atoms with Gasteiger partial charge in [-0.2, -0.15) is 13.2 Å². The molecule has 0 heterocycles. The van der Waals surface area contributed by atoms with Gasteiger partial charge in [-0.3, -0.25) is 0 Å². The van der Waals surface area contributed by atoms with E-state index in [2.05, 4.69) is 4.74 Å². The highest BCUT2D eigenvalue weighted by molar-refractivity contribution is 6.33. The lowest BCUT2D eigenvalue weighted by Crippen LogP contribution is -2.08. The van der Waals surface area contributed by atoms with Crippen LogP contribution >= 0.6 is 11.6 Å². The van der Waals surface area contributed by atoms with E-state index in [1.807, 2.05) is 0 Å². The second-order valence-corrected chi connectivity index (χ2v) is 3.09. The van der Waals surface area contributed by atoms with Gasteiger partial charge in [-0.05, 0) is 18.2 Å². The van der Waals surface area contributed by atoms with Gasteiger partial charge in [0.2, 0.25) is 0 Å². The van der Waals surface area contributed by atoms with Gasteiger partial charge in [0.25, 0.3) is 0 Å². The van der Waals surface area contributed by atoms with E-state index in [9.17, 15) is 18.0 Å². The maximum Gasteiger partial charge on any atom is 0.416 e. The molecule has 2 nitrogen and oxygen atoms in total. The molecule has 0 saturated carbocycles. The van der Waals surface area contributed by atoms with Crippen LogP contribution in [-0.4, -0.2) is 13.1 Å². The lowest BCUT2D eigenvalue weighted by Gasteiger charge is -2.08. The third-order valence-electron chi connectivity index (χ3n) is 1.70. The molecular formula is C9H6ClF3O2. The van der Waals surface area contributed by atoms with Gasteiger partial charge in [0, 0.05) is 0 Å². The molecule has 0 amide bonds. The van der Waals surface area contributed by atoms with Crippen molar-refractivity contribution in [2.75, 3.05) is 7.11 Å². The Labute approximate surface area is 88.6 Å². The molecule has 0 aliphatic heterocycles. The molecule has 0 aromatic heterocycles. The number of carbonyl (C=O) groups is 1. The van der Waals surface area contributed by atoms with E-state index < -0.39 is 17.7 Å². The average molecular weight is 239 g/mol. The fraction of sp³-hybridized carbons (Fsp3) is 0.222. The number of hydrogen-bond donors (Lipinski definition) is 0. The molecule has 15 heavy (non-hydrogen) atoms. The summed E-state index contributed by atoms with van der Waals surface area (Å²) in [5.41, 5.74) is -1.23. The summed E-state index contributed by atoms with van der Waals surface area (Å²) in [4.78, 5) is 11.0. The molecule has 0 N–H and O–H groups in total. The Morgan fingerprint density at radius 2 is 2.00 bits per heavy atom. The first kappa shape index (κ1) is 11.8. The van der Waals surface area contributed by atoms with Crippen molar-refractivity contribution in [2.45, 2.75) is 6.18 Å². The van der Waals surface area contributed by atoms with Crippen LogP contribution in [0.1, 0.15) is 15.9 Å². The van der Waals surface area contributed by atoms with Crippen molar-refractivity contribution < 1.29 is 22.7 Å². The summed E-state index contributed by atoms with van der Waals surface area (Å²) in [6.07, 6.45) is -4.51. The molecule has 6 heteroatoms. The SMILES string of the molecule is COC(=O)c1cc(C(F)(F)F)ccc1Cl. The summed E-state index contributed by atoms with van der Waals surface area (Å²) >= 11 is 5.55. The molecule has 0 spiro atoms. The van der Waals surface area contributed by atoms with Crippen LogP contribution in [0, 0.1) is 0 Å². The molecule has 0 radical (unpaired) electrons. The van der Waals surface area contributed by atoms with Gasteiger partial charge in [0.15, 0.2) is 0 Å². The van der Waals surface area contributed by atoms with Crippen molar-refractivity contribution in [1.82, 2.24) is 0 Å². The summed E-state index contributed by atoms with van der Waals surface area (Å²) in [5, 5.41) is -0.0742. The van der Waals surface area contributed by atoms with Crippen molar-refractivity contribution in [3.8, 4) is 0 Å². The Kier molecular flexibility index (Phi) is 3.24. The lowest BCUT2D eigenvalue weighted by molar-refractivity contribution is -0.137. The van der Waals surface area contributed by atoms with Crippen LogP contribution < -0.4 is 0 Å². The molecule has 0 saturated heterocycles. The molecule has 1 rings (SSSR count). The summed E-state index contributed by atoms with van der Waals surface area (Å²) in [5.74, 6) is -0.897. The first-order valence-corrected chi connectivity index (χ1v) is 4.19. The standard InChI is InChI=1S/C9H6ClF3O2/c1-15-8(14)6-4-5(9(11,12)13)2-3-7(6)10/h2-4H,1H3. The summed E-state index contributed by atoms with van der Waals surface area (Å²) in [6.45, 7) is 0. The maximum atomic E-state index is 12.3. The number of esters is 1. The van der Waals surface area contributed by atoms with Crippen LogP contribution in [0.2, 0.25) is 5.02 Å². The number of alkyl halides is 3. The summed E-state index contributed by atoms with van der Waals surface area (Å²) in [7, 11) is 1.07. The minimum Gasteiger partial charge on any atom is -0.465 e. The molecule has 0 fully saturated rings. The van der Waals surface area contributed by atoms with Crippen LogP contribution in [0.5, 0.6) is 0 Å². The van der Waals surface area contributed by atoms with Crippen molar-refractivity contribution in [3.05, 3.63) is 34.3 Å². The Bertz CT molecular complexity index is 387. The predicted octanol–water partition coefficient (Wildman–Crippen LogP) is 3.15. The minimum absolute atomic E-state index is 0.0742. The van der Waals surface area contributed by atoms with Crippen LogP contribution in [0.4, 0.5) is 13.2 Å². The highest BCUT2D eigenvalue weighted by atomic mass is 35.5. The highest BCUT2D eigenvalue weighted by Gasteiger charge is 2.31. The largest absolute Gasteiger partial charge is 0.465 e. The average Bonchev–Trinajstić information content (AvgIpc) is 2.15. The van der Waals surface area contributed by atoms with Crippen LogP contribution in [0.25, 0.3) is 0 Å². The maximum absolute atomic E-state index is 12.3. The van der Waals surface area contributed by atoms with E-state index in [0.29, 0.717) is 6.07 Å². The quantitative estimate of drug-likeness (QED) is 0.703. The number of benzene rings is 1. The van der Waals surface area contributed by atoms with Crippen LogP contribution in [0.15, 0.2) is 18.2 Å².